The lowest BCUT2D eigenvalue weighted by atomic mass is 10.3. The monoisotopic (exact) mass is 320 g/mol. The van der Waals surface area contributed by atoms with Gasteiger partial charge >= 0.3 is 0 Å². The molecule has 4 rings (SSSR count). The van der Waals surface area contributed by atoms with Crippen LogP contribution in [0.15, 0.2) is 0 Å². The van der Waals surface area contributed by atoms with Gasteiger partial charge in [-0.2, -0.15) is 4.52 Å². The van der Waals surface area contributed by atoms with Crippen LogP contribution in [0.25, 0.3) is 4.96 Å². The molecule has 2 aromatic heterocycles. The van der Waals surface area contributed by atoms with E-state index in [4.69, 9.17) is 0 Å². The number of hydrogen-bond acceptors (Lipinski definition) is 6. The second-order valence-electron chi connectivity index (χ2n) is 5.73. The molecule has 1 aliphatic carbocycles. The highest BCUT2D eigenvalue weighted by Crippen LogP contribution is 2.39. The third-order valence-corrected chi connectivity index (χ3v) is 5.04. The van der Waals surface area contributed by atoms with Crippen LogP contribution in [0.5, 0.6) is 0 Å². The van der Waals surface area contributed by atoms with Crippen LogP contribution in [0.3, 0.4) is 0 Å². The molecule has 2 amide bonds. The summed E-state index contributed by atoms with van der Waals surface area (Å²) in [6.45, 7) is 3.82. The number of carbonyl (C=O) groups excluding carboxylic acids is 2. The first kappa shape index (κ1) is 13.6. The van der Waals surface area contributed by atoms with E-state index < -0.39 is 0 Å². The Morgan fingerprint density at radius 3 is 2.41 bits per heavy atom. The maximum atomic E-state index is 12.5. The van der Waals surface area contributed by atoms with Crippen molar-refractivity contribution in [3.05, 3.63) is 10.8 Å². The zero-order chi connectivity index (χ0) is 15.3. The molecule has 1 saturated carbocycles. The van der Waals surface area contributed by atoms with E-state index in [1.54, 1.807) is 21.2 Å². The molecule has 2 aliphatic rings. The molecule has 0 aromatic carbocycles. The lowest BCUT2D eigenvalue weighted by Gasteiger charge is -2.33. The Kier molecular flexibility index (Phi) is 3.10. The molecule has 0 radical (unpaired) electrons. The zero-order valence-corrected chi connectivity index (χ0v) is 13.0. The van der Waals surface area contributed by atoms with E-state index in [0.29, 0.717) is 42.1 Å². The highest BCUT2D eigenvalue weighted by molar-refractivity contribution is 7.18. The molecule has 8 nitrogen and oxygen atoms in total. The third kappa shape index (κ3) is 2.25. The van der Waals surface area contributed by atoms with Crippen LogP contribution < -0.4 is 0 Å². The Bertz CT molecular complexity index is 741. The largest absolute Gasteiger partial charge is 0.339 e. The van der Waals surface area contributed by atoms with E-state index in [0.717, 1.165) is 18.7 Å². The molecule has 0 bridgehead atoms. The third-order valence-electron chi connectivity index (χ3n) is 4.15. The molecule has 22 heavy (non-hydrogen) atoms. The average Bonchev–Trinajstić information content (AvgIpc) is 3.15. The van der Waals surface area contributed by atoms with E-state index in [-0.39, 0.29) is 11.8 Å². The fraction of sp³-hybridized carbons (Fsp3) is 0.615. The standard InChI is InChI=1S/C13H16N6O2S/c1-8(20)17-4-6-18(7-5-17)12(21)11-16-19-10(9-2-3-9)14-15-13(19)22-11/h9H,2-7H2,1H3. The summed E-state index contributed by atoms with van der Waals surface area (Å²) in [5, 5.41) is 13.1. The molecule has 2 fully saturated rings. The molecule has 0 unspecified atom stereocenters. The van der Waals surface area contributed by atoms with Crippen LogP contribution in [0.4, 0.5) is 0 Å². The van der Waals surface area contributed by atoms with Crippen molar-refractivity contribution in [1.82, 2.24) is 29.6 Å². The lowest BCUT2D eigenvalue weighted by molar-refractivity contribution is -0.130. The van der Waals surface area contributed by atoms with Gasteiger partial charge in [-0.3, -0.25) is 9.59 Å². The lowest BCUT2D eigenvalue weighted by Crippen LogP contribution is -2.50. The summed E-state index contributed by atoms with van der Waals surface area (Å²) in [4.78, 5) is 28.1. The predicted octanol–water partition coefficient (Wildman–Crippen LogP) is 0.367. The Hall–Kier alpha value is -2.03. The van der Waals surface area contributed by atoms with Crippen LogP contribution in [-0.4, -0.2) is 67.6 Å². The van der Waals surface area contributed by atoms with Gasteiger partial charge < -0.3 is 9.80 Å². The number of hydrogen-bond donors (Lipinski definition) is 0. The maximum Gasteiger partial charge on any atom is 0.284 e. The molecular weight excluding hydrogens is 304 g/mol. The molecule has 0 N–H and O–H groups in total. The van der Waals surface area contributed by atoms with Crippen molar-refractivity contribution in [3.8, 4) is 0 Å². The normalized spacial score (nSPS) is 19.0. The van der Waals surface area contributed by atoms with Crippen molar-refractivity contribution in [2.75, 3.05) is 26.2 Å². The number of nitrogens with zero attached hydrogens (tertiary/aromatic N) is 6. The van der Waals surface area contributed by atoms with Crippen molar-refractivity contribution >= 4 is 28.1 Å². The van der Waals surface area contributed by atoms with E-state index in [1.807, 2.05) is 0 Å². The number of aromatic nitrogens is 4. The first-order valence-corrected chi connectivity index (χ1v) is 8.22. The Morgan fingerprint density at radius 2 is 1.77 bits per heavy atom. The van der Waals surface area contributed by atoms with Crippen LogP contribution in [-0.2, 0) is 4.79 Å². The molecule has 0 atom stereocenters. The van der Waals surface area contributed by atoms with Gasteiger partial charge in [0.25, 0.3) is 5.91 Å². The van der Waals surface area contributed by atoms with Gasteiger partial charge in [0.15, 0.2) is 5.82 Å². The van der Waals surface area contributed by atoms with Gasteiger partial charge in [-0.15, -0.1) is 15.3 Å². The number of carbonyl (C=O) groups is 2. The molecule has 3 heterocycles. The summed E-state index contributed by atoms with van der Waals surface area (Å²) >= 11 is 1.28. The van der Waals surface area contributed by atoms with E-state index in [9.17, 15) is 9.59 Å². The van der Waals surface area contributed by atoms with Crippen LogP contribution >= 0.6 is 11.3 Å². The van der Waals surface area contributed by atoms with Crippen molar-refractivity contribution in [3.63, 3.8) is 0 Å². The summed E-state index contributed by atoms with van der Waals surface area (Å²) in [5.41, 5.74) is 0. The minimum atomic E-state index is -0.0829. The van der Waals surface area contributed by atoms with E-state index >= 15 is 0 Å². The number of amides is 2. The van der Waals surface area contributed by atoms with Crippen molar-refractivity contribution < 1.29 is 9.59 Å². The first-order valence-electron chi connectivity index (χ1n) is 7.40. The minimum Gasteiger partial charge on any atom is -0.339 e. The molecule has 1 saturated heterocycles. The molecule has 2 aromatic rings. The maximum absolute atomic E-state index is 12.5. The summed E-state index contributed by atoms with van der Waals surface area (Å²) < 4.78 is 1.71. The zero-order valence-electron chi connectivity index (χ0n) is 12.2. The van der Waals surface area contributed by atoms with Crippen molar-refractivity contribution in [2.24, 2.45) is 0 Å². The summed E-state index contributed by atoms with van der Waals surface area (Å²) in [6.07, 6.45) is 2.24. The number of fused-ring (bicyclic) bond motifs is 1. The number of rotatable bonds is 2. The van der Waals surface area contributed by atoms with Gasteiger partial charge in [0.2, 0.25) is 15.9 Å². The van der Waals surface area contributed by atoms with Gasteiger partial charge in [0.1, 0.15) is 0 Å². The predicted molar refractivity (Wildman–Crippen MR) is 78.8 cm³/mol. The second kappa shape index (κ2) is 5.01. The highest BCUT2D eigenvalue weighted by Gasteiger charge is 2.31. The van der Waals surface area contributed by atoms with E-state index in [2.05, 4.69) is 15.3 Å². The fourth-order valence-electron chi connectivity index (χ4n) is 2.67. The van der Waals surface area contributed by atoms with Gasteiger partial charge in [-0.05, 0) is 12.8 Å². The quantitative estimate of drug-likeness (QED) is 0.798. The topological polar surface area (TPSA) is 83.7 Å². The fourth-order valence-corrected chi connectivity index (χ4v) is 3.49. The minimum absolute atomic E-state index is 0.0555. The second-order valence-corrected chi connectivity index (χ2v) is 6.69. The summed E-state index contributed by atoms with van der Waals surface area (Å²) in [5.74, 6) is 1.28. The molecule has 0 spiro atoms. The summed E-state index contributed by atoms with van der Waals surface area (Å²) in [6, 6.07) is 0. The highest BCUT2D eigenvalue weighted by atomic mass is 32.1. The van der Waals surface area contributed by atoms with E-state index in [1.165, 1.54) is 11.3 Å². The SMILES string of the molecule is CC(=O)N1CCN(C(=O)c2nn3c(C4CC4)nnc3s2)CC1. The molecule has 9 heteroatoms. The van der Waals surface area contributed by atoms with Gasteiger partial charge in [0, 0.05) is 39.0 Å². The Labute approximate surface area is 130 Å². The van der Waals surface area contributed by atoms with Crippen LogP contribution in [0.1, 0.15) is 41.3 Å². The van der Waals surface area contributed by atoms with Crippen molar-refractivity contribution in [1.29, 1.82) is 0 Å². The van der Waals surface area contributed by atoms with Gasteiger partial charge in [-0.1, -0.05) is 11.3 Å². The van der Waals surface area contributed by atoms with Crippen molar-refractivity contribution in [2.45, 2.75) is 25.7 Å². The van der Waals surface area contributed by atoms with Crippen LogP contribution in [0, 0.1) is 0 Å². The molecule has 1 aliphatic heterocycles. The molecular formula is C13H16N6O2S. The smallest absolute Gasteiger partial charge is 0.284 e. The number of piperazine rings is 1. The Balaban J connectivity index is 1.52. The summed E-state index contributed by atoms with van der Waals surface area (Å²) in [7, 11) is 0. The Morgan fingerprint density at radius 1 is 1.09 bits per heavy atom. The van der Waals surface area contributed by atoms with Gasteiger partial charge in [0.05, 0.1) is 0 Å². The first-order chi connectivity index (χ1) is 10.6. The molecule has 116 valence electrons. The van der Waals surface area contributed by atoms with Gasteiger partial charge in [-0.25, -0.2) is 0 Å². The average molecular weight is 320 g/mol. The van der Waals surface area contributed by atoms with Crippen LogP contribution in [0.2, 0.25) is 0 Å².